The topological polar surface area (TPSA) is 73.6 Å². The summed E-state index contributed by atoms with van der Waals surface area (Å²) in [6.45, 7) is 0. The highest BCUT2D eigenvalue weighted by Crippen LogP contribution is 2.31. The summed E-state index contributed by atoms with van der Waals surface area (Å²) in [5.41, 5.74) is 8.56. The van der Waals surface area contributed by atoms with Gasteiger partial charge in [-0.2, -0.15) is 5.11 Å². The van der Waals surface area contributed by atoms with Crippen molar-refractivity contribution in [1.82, 2.24) is 0 Å². The molecule has 0 bridgehead atoms. The number of benzene rings is 2. The molecule has 0 aliphatic rings. The largest absolute Gasteiger partial charge is 0.378 e. The fourth-order valence-electron chi connectivity index (χ4n) is 2.02. The first-order valence-corrected chi connectivity index (χ1v) is 8.53. The molecule has 0 heterocycles. The average molecular weight is 338 g/mol. The number of halogens is 1. The van der Waals surface area contributed by atoms with Crippen LogP contribution >= 0.6 is 11.6 Å². The van der Waals surface area contributed by atoms with E-state index in [4.69, 9.17) is 17.1 Å². The molecular formula is C15H16ClN3O2S. The molecule has 116 valence electrons. The monoisotopic (exact) mass is 337 g/mol. The summed E-state index contributed by atoms with van der Waals surface area (Å²) in [4.78, 5) is 1.83. The van der Waals surface area contributed by atoms with Crippen molar-refractivity contribution in [2.75, 3.05) is 19.0 Å². The van der Waals surface area contributed by atoms with Crippen molar-refractivity contribution in [2.24, 2.45) is 5.11 Å². The lowest BCUT2D eigenvalue weighted by molar-refractivity contribution is 0.595. The van der Waals surface area contributed by atoms with Gasteiger partial charge in [-0.25, -0.2) is 13.9 Å². The van der Waals surface area contributed by atoms with Gasteiger partial charge in [-0.05, 0) is 29.8 Å². The van der Waals surface area contributed by atoms with Crippen molar-refractivity contribution in [3.63, 3.8) is 0 Å². The highest BCUT2D eigenvalue weighted by Gasteiger charge is 2.21. The molecule has 0 fully saturated rings. The zero-order valence-corrected chi connectivity index (χ0v) is 13.8. The third-order valence-corrected chi connectivity index (χ3v) is 5.28. The van der Waals surface area contributed by atoms with E-state index in [1.807, 2.05) is 14.1 Å². The normalized spacial score (nSPS) is 11.2. The molecule has 0 amide bonds. The van der Waals surface area contributed by atoms with Crippen LogP contribution in [-0.2, 0) is 15.6 Å². The van der Waals surface area contributed by atoms with E-state index in [0.29, 0.717) is 10.6 Å². The Morgan fingerprint density at radius 3 is 2.45 bits per heavy atom. The Hall–Kier alpha value is -1.92. The van der Waals surface area contributed by atoms with E-state index < -0.39 is 9.84 Å². The molecule has 0 unspecified atom stereocenters. The molecule has 0 saturated carbocycles. The first-order valence-electron chi connectivity index (χ1n) is 6.50. The lowest BCUT2D eigenvalue weighted by Gasteiger charge is -2.15. The molecule has 0 spiro atoms. The van der Waals surface area contributed by atoms with Crippen LogP contribution in [0.15, 0.2) is 52.5 Å². The van der Waals surface area contributed by atoms with Gasteiger partial charge < -0.3 is 4.90 Å². The Bertz CT molecular complexity index is 804. The van der Waals surface area contributed by atoms with Crippen molar-refractivity contribution in [3.8, 4) is 0 Å². The maximum atomic E-state index is 12.7. The van der Waals surface area contributed by atoms with Crippen LogP contribution in [-0.4, -0.2) is 22.5 Å². The minimum atomic E-state index is -3.66. The first kappa shape index (κ1) is 16.5. The molecule has 7 heteroatoms. The zero-order chi connectivity index (χ0) is 16.3. The van der Waals surface area contributed by atoms with Gasteiger partial charge in [-0.1, -0.05) is 29.8 Å². The van der Waals surface area contributed by atoms with Gasteiger partial charge in [0.05, 0.1) is 10.6 Å². The van der Waals surface area contributed by atoms with E-state index in [-0.39, 0.29) is 16.3 Å². The van der Waals surface area contributed by atoms with Gasteiger partial charge in [0, 0.05) is 24.8 Å². The molecular weight excluding hydrogens is 322 g/mol. The minimum Gasteiger partial charge on any atom is -0.378 e. The smallest absolute Gasteiger partial charge is 0.184 e. The van der Waals surface area contributed by atoms with Crippen molar-refractivity contribution in [2.45, 2.75) is 10.6 Å². The highest BCUT2D eigenvalue weighted by atomic mass is 35.5. The minimum absolute atomic E-state index is 0.0358. The second-order valence-corrected chi connectivity index (χ2v) is 7.37. The number of hydrogen-bond donors (Lipinski definition) is 1. The van der Waals surface area contributed by atoms with E-state index >= 15 is 0 Å². The highest BCUT2D eigenvalue weighted by molar-refractivity contribution is 7.90. The van der Waals surface area contributed by atoms with Crippen molar-refractivity contribution in [1.29, 1.82) is 5.53 Å². The zero-order valence-electron chi connectivity index (χ0n) is 12.2. The lowest BCUT2D eigenvalue weighted by Crippen LogP contribution is -2.11. The molecule has 0 atom stereocenters. The summed E-state index contributed by atoms with van der Waals surface area (Å²) >= 11 is 6.04. The molecule has 2 rings (SSSR count). The van der Waals surface area contributed by atoms with Crippen molar-refractivity contribution >= 4 is 32.8 Å². The van der Waals surface area contributed by atoms with Gasteiger partial charge in [0.1, 0.15) is 5.69 Å². The van der Waals surface area contributed by atoms with Gasteiger partial charge in [-0.3, -0.25) is 0 Å². The Kier molecular flexibility index (Phi) is 4.83. The van der Waals surface area contributed by atoms with Crippen LogP contribution in [0.2, 0.25) is 5.02 Å². The maximum absolute atomic E-state index is 12.7. The standard InChI is InChI=1S/C15H16ClN3O2S/c1-19(2)12-7-8-14(18-17)15(9-12)22(20,21)10-11-5-3-4-6-13(11)16/h3-9,17H,10H2,1-2H3. The predicted octanol–water partition coefficient (Wildman–Crippen LogP) is 4.04. The fraction of sp³-hybridized carbons (Fsp3) is 0.200. The van der Waals surface area contributed by atoms with Crippen molar-refractivity contribution < 1.29 is 8.42 Å². The van der Waals surface area contributed by atoms with E-state index in [0.717, 1.165) is 5.69 Å². The molecule has 1 N–H and O–H groups in total. The number of hydrogen-bond acceptors (Lipinski definition) is 5. The Morgan fingerprint density at radius 1 is 1.18 bits per heavy atom. The fourth-order valence-corrected chi connectivity index (χ4v) is 3.85. The second kappa shape index (κ2) is 6.46. The van der Waals surface area contributed by atoms with Gasteiger partial charge in [0.25, 0.3) is 0 Å². The molecule has 22 heavy (non-hydrogen) atoms. The van der Waals surface area contributed by atoms with Gasteiger partial charge in [-0.15, -0.1) is 0 Å². The molecule has 2 aromatic rings. The van der Waals surface area contributed by atoms with Crippen molar-refractivity contribution in [3.05, 3.63) is 53.1 Å². The Balaban J connectivity index is 2.51. The van der Waals surface area contributed by atoms with Crippen LogP contribution in [0, 0.1) is 5.53 Å². The van der Waals surface area contributed by atoms with Crippen LogP contribution in [0.5, 0.6) is 0 Å². The summed E-state index contributed by atoms with van der Waals surface area (Å²) < 4.78 is 25.4. The molecule has 0 radical (unpaired) electrons. The average Bonchev–Trinajstić information content (AvgIpc) is 2.48. The number of nitrogens with one attached hydrogen (secondary N) is 1. The molecule has 0 saturated heterocycles. The quantitative estimate of drug-likeness (QED) is 0.836. The van der Waals surface area contributed by atoms with Gasteiger partial charge >= 0.3 is 0 Å². The van der Waals surface area contributed by atoms with Crippen LogP contribution in [0.25, 0.3) is 0 Å². The van der Waals surface area contributed by atoms with E-state index in [1.165, 1.54) is 12.1 Å². The summed E-state index contributed by atoms with van der Waals surface area (Å²) in [5.74, 6) is -0.230. The number of nitrogens with zero attached hydrogens (tertiary/aromatic N) is 2. The summed E-state index contributed by atoms with van der Waals surface area (Å²) in [7, 11) is -0.0259. The lowest BCUT2D eigenvalue weighted by atomic mass is 10.2. The third-order valence-electron chi connectivity index (χ3n) is 3.22. The Labute approximate surface area is 135 Å². The van der Waals surface area contributed by atoms with Crippen LogP contribution in [0.1, 0.15) is 5.56 Å². The molecule has 0 aliphatic carbocycles. The maximum Gasteiger partial charge on any atom is 0.184 e. The van der Waals surface area contributed by atoms with Crippen LogP contribution < -0.4 is 4.90 Å². The third kappa shape index (κ3) is 3.45. The molecule has 5 nitrogen and oxygen atoms in total. The van der Waals surface area contributed by atoms with E-state index in [9.17, 15) is 8.42 Å². The SMILES string of the molecule is CN(C)c1ccc(N=N)c(S(=O)(=O)Cc2ccccc2Cl)c1. The summed E-state index contributed by atoms with van der Waals surface area (Å²) in [5, 5.41) is 3.72. The number of anilines is 1. The molecule has 0 aromatic heterocycles. The Morgan fingerprint density at radius 2 is 1.86 bits per heavy atom. The summed E-state index contributed by atoms with van der Waals surface area (Å²) in [6.07, 6.45) is 0. The summed E-state index contributed by atoms with van der Waals surface area (Å²) in [6, 6.07) is 11.6. The molecule has 0 aliphatic heterocycles. The number of sulfone groups is 1. The van der Waals surface area contributed by atoms with Gasteiger partial charge in [0.2, 0.25) is 0 Å². The van der Waals surface area contributed by atoms with E-state index in [2.05, 4.69) is 5.11 Å². The van der Waals surface area contributed by atoms with E-state index in [1.54, 1.807) is 35.2 Å². The molecule has 2 aromatic carbocycles. The number of rotatable bonds is 5. The first-order chi connectivity index (χ1) is 10.3. The second-order valence-electron chi connectivity index (χ2n) is 5.01. The van der Waals surface area contributed by atoms with Crippen LogP contribution in [0.4, 0.5) is 11.4 Å². The predicted molar refractivity (Wildman–Crippen MR) is 87.9 cm³/mol. The van der Waals surface area contributed by atoms with Gasteiger partial charge in [0.15, 0.2) is 9.84 Å². The van der Waals surface area contributed by atoms with Crippen LogP contribution in [0.3, 0.4) is 0 Å².